The van der Waals surface area contributed by atoms with E-state index < -0.39 is 0 Å². The monoisotopic (exact) mass is 645 g/mol. The largest absolute Gasteiger partial charge is 0.494 e. The van der Waals surface area contributed by atoms with Crippen molar-refractivity contribution in [2.45, 2.75) is 73.6 Å². The highest BCUT2D eigenvalue weighted by molar-refractivity contribution is 6.43. The molecule has 2 aromatic rings. The third-order valence-corrected chi connectivity index (χ3v) is 9.69. The van der Waals surface area contributed by atoms with Crippen molar-refractivity contribution in [3.63, 3.8) is 0 Å². The number of hydrogen-bond donors (Lipinski definition) is 0. The van der Waals surface area contributed by atoms with Crippen LogP contribution in [0.2, 0.25) is 10.0 Å². The summed E-state index contributed by atoms with van der Waals surface area (Å²) in [5.74, 6) is 0.116. The molecule has 9 heteroatoms. The van der Waals surface area contributed by atoms with Crippen LogP contribution in [0.3, 0.4) is 0 Å². The van der Waals surface area contributed by atoms with Crippen LogP contribution in [0.4, 0.5) is 11.4 Å². The molecule has 0 aliphatic carbocycles. The molecule has 242 valence electrons. The highest BCUT2D eigenvalue weighted by Crippen LogP contribution is 2.40. The Kier molecular flexibility index (Phi) is 11.5. The zero-order chi connectivity index (χ0) is 32.1. The minimum atomic E-state index is -0.291. The highest BCUT2D eigenvalue weighted by Gasteiger charge is 2.36. The number of esters is 1. The van der Waals surface area contributed by atoms with Crippen LogP contribution in [0, 0.1) is 16.7 Å². The lowest BCUT2D eigenvalue weighted by Gasteiger charge is -2.36. The van der Waals surface area contributed by atoms with Crippen LogP contribution < -0.4 is 14.5 Å². The van der Waals surface area contributed by atoms with Gasteiger partial charge in [-0.25, -0.2) is 0 Å². The van der Waals surface area contributed by atoms with Crippen LogP contribution in [0.1, 0.15) is 72.8 Å². The topological polar surface area (TPSA) is 62.3 Å². The van der Waals surface area contributed by atoms with Crippen molar-refractivity contribution in [1.82, 2.24) is 4.90 Å². The average molecular weight is 647 g/mol. The number of carbonyl (C=O) groups excluding carboxylic acids is 2. The maximum absolute atomic E-state index is 13.0. The number of anilines is 2. The van der Waals surface area contributed by atoms with E-state index >= 15 is 0 Å². The number of hydrogen-bond acceptors (Lipinski definition) is 6. The molecule has 44 heavy (non-hydrogen) atoms. The van der Waals surface area contributed by atoms with E-state index in [1.807, 2.05) is 43.3 Å². The summed E-state index contributed by atoms with van der Waals surface area (Å²) in [7, 11) is 0. The molecule has 0 spiro atoms. The Bertz CT molecular complexity index is 1300. The first-order chi connectivity index (χ1) is 20.7. The Morgan fingerprint density at radius 2 is 1.68 bits per heavy atom. The quantitative estimate of drug-likeness (QED) is 0.173. The van der Waals surface area contributed by atoms with Crippen molar-refractivity contribution in [1.29, 1.82) is 0 Å². The van der Waals surface area contributed by atoms with Crippen molar-refractivity contribution >= 4 is 46.5 Å². The first-order valence-corrected chi connectivity index (χ1v) is 16.6. The van der Waals surface area contributed by atoms with Crippen LogP contribution in [-0.4, -0.2) is 62.8 Å². The number of unbranched alkanes of at least 4 members (excludes halogenated alkanes) is 1. The number of aryl methyl sites for hydroxylation is 1. The van der Waals surface area contributed by atoms with E-state index in [0.29, 0.717) is 29.5 Å². The van der Waals surface area contributed by atoms with E-state index in [2.05, 4.69) is 44.4 Å². The maximum atomic E-state index is 13.0. The molecule has 2 aromatic carbocycles. The maximum Gasteiger partial charge on any atom is 0.310 e. The van der Waals surface area contributed by atoms with Gasteiger partial charge in [-0.3, -0.25) is 19.4 Å². The van der Waals surface area contributed by atoms with Crippen molar-refractivity contribution in [3.8, 4) is 5.75 Å². The summed E-state index contributed by atoms with van der Waals surface area (Å²) in [5, 5.41) is 1.22. The molecule has 0 saturated carbocycles. The standard InChI is InChI=1S/C35H49Cl2N3O4/c1-25(35(5,6)23-34(2,3)4)33(42)44-24-40-30-22-27(14-12-26(30)13-15-31(40)41)43-21-8-7-16-38-17-19-39(20-18-38)29-11-9-10-28(36)32(29)37/h9-12,14,22,25H,7-8,13,15-21,23-24H2,1-6H3. The zero-order valence-corrected chi connectivity index (χ0v) is 28.8. The number of benzene rings is 2. The SMILES string of the molecule is CC(C(=O)OCN1C(=O)CCc2ccc(OCCCCN3CCN(c4cccc(Cl)c4Cl)CC3)cc21)C(C)(C)CC(C)(C)C. The van der Waals surface area contributed by atoms with Crippen LogP contribution >= 0.6 is 23.2 Å². The van der Waals surface area contributed by atoms with E-state index in [4.69, 9.17) is 32.7 Å². The van der Waals surface area contributed by atoms with E-state index in [1.165, 1.54) is 0 Å². The van der Waals surface area contributed by atoms with Crippen molar-refractivity contribution in [2.75, 3.05) is 55.9 Å². The molecule has 1 unspecified atom stereocenters. The smallest absolute Gasteiger partial charge is 0.310 e. The number of carbonyl (C=O) groups is 2. The summed E-state index contributed by atoms with van der Waals surface area (Å²) in [5.41, 5.74) is 2.71. The molecule has 0 aromatic heterocycles. The summed E-state index contributed by atoms with van der Waals surface area (Å²) >= 11 is 12.6. The summed E-state index contributed by atoms with van der Waals surface area (Å²) in [6, 6.07) is 11.7. The molecule has 4 rings (SSSR count). The van der Waals surface area contributed by atoms with Gasteiger partial charge in [0, 0.05) is 38.7 Å². The predicted molar refractivity (Wildman–Crippen MR) is 180 cm³/mol. The lowest BCUT2D eigenvalue weighted by Crippen LogP contribution is -2.46. The van der Waals surface area contributed by atoms with Gasteiger partial charge in [0.15, 0.2) is 6.73 Å². The second-order valence-electron chi connectivity index (χ2n) is 14.1. The molecule has 0 N–H and O–H groups in total. The summed E-state index contributed by atoms with van der Waals surface area (Å²) in [6.45, 7) is 18.0. The molecule has 2 aliphatic rings. The highest BCUT2D eigenvalue weighted by atomic mass is 35.5. The predicted octanol–water partition coefficient (Wildman–Crippen LogP) is 7.85. The third-order valence-electron chi connectivity index (χ3n) is 8.89. The average Bonchev–Trinajstić information content (AvgIpc) is 2.96. The lowest BCUT2D eigenvalue weighted by atomic mass is 9.69. The Morgan fingerprint density at radius 1 is 0.955 bits per heavy atom. The minimum absolute atomic E-state index is 0.0400. The van der Waals surface area contributed by atoms with Gasteiger partial charge in [-0.2, -0.15) is 0 Å². The fourth-order valence-electron chi connectivity index (χ4n) is 6.42. The normalized spacial score (nSPS) is 17.0. The number of ether oxygens (including phenoxy) is 2. The van der Waals surface area contributed by atoms with E-state index in [-0.39, 0.29) is 35.4 Å². The second-order valence-corrected chi connectivity index (χ2v) is 14.9. The molecular formula is C35H49Cl2N3O4. The van der Waals surface area contributed by atoms with E-state index in [1.54, 1.807) is 4.90 Å². The van der Waals surface area contributed by atoms with Gasteiger partial charge in [-0.15, -0.1) is 0 Å². The third kappa shape index (κ3) is 9.04. The second kappa shape index (κ2) is 14.7. The van der Waals surface area contributed by atoms with Gasteiger partial charge < -0.3 is 14.4 Å². The van der Waals surface area contributed by atoms with Crippen LogP contribution in [0.15, 0.2) is 36.4 Å². The summed E-state index contributed by atoms with van der Waals surface area (Å²) in [6.07, 6.45) is 3.92. The van der Waals surface area contributed by atoms with Crippen LogP contribution in [0.5, 0.6) is 5.75 Å². The molecule has 1 fully saturated rings. The number of piperazine rings is 1. The zero-order valence-electron chi connectivity index (χ0n) is 27.3. The molecule has 0 bridgehead atoms. The minimum Gasteiger partial charge on any atom is -0.494 e. The van der Waals surface area contributed by atoms with Gasteiger partial charge in [0.05, 0.1) is 33.9 Å². The number of nitrogens with zero attached hydrogens (tertiary/aromatic N) is 3. The Hall–Kier alpha value is -2.48. The van der Waals surface area contributed by atoms with Crippen molar-refractivity contribution in [3.05, 3.63) is 52.0 Å². The first-order valence-electron chi connectivity index (χ1n) is 15.9. The number of amides is 1. The van der Waals surface area contributed by atoms with Gasteiger partial charge in [0.1, 0.15) is 5.75 Å². The lowest BCUT2D eigenvalue weighted by molar-refractivity contribution is -0.153. The number of fused-ring (bicyclic) bond motifs is 1. The fourth-order valence-corrected chi connectivity index (χ4v) is 6.83. The summed E-state index contributed by atoms with van der Waals surface area (Å²) < 4.78 is 11.8. The van der Waals surface area contributed by atoms with Gasteiger partial charge in [0.2, 0.25) is 5.91 Å². The van der Waals surface area contributed by atoms with Crippen LogP contribution in [-0.2, 0) is 20.7 Å². The van der Waals surface area contributed by atoms with Gasteiger partial charge in [0.25, 0.3) is 0 Å². The van der Waals surface area contributed by atoms with Crippen LogP contribution in [0.25, 0.3) is 0 Å². The summed E-state index contributed by atoms with van der Waals surface area (Å²) in [4.78, 5) is 32.3. The van der Waals surface area contributed by atoms with E-state index in [9.17, 15) is 9.59 Å². The Morgan fingerprint density at radius 3 is 2.39 bits per heavy atom. The molecule has 0 radical (unpaired) electrons. The fraction of sp³-hybridized carbons (Fsp3) is 0.600. The van der Waals surface area contributed by atoms with Gasteiger partial charge >= 0.3 is 5.97 Å². The number of rotatable bonds is 12. The molecular weight excluding hydrogens is 597 g/mol. The van der Waals surface area contributed by atoms with Crippen molar-refractivity contribution in [2.24, 2.45) is 16.7 Å². The van der Waals surface area contributed by atoms with Gasteiger partial charge in [-0.05, 0) is 66.8 Å². The van der Waals surface area contributed by atoms with E-state index in [0.717, 1.165) is 74.7 Å². The molecule has 2 aliphatic heterocycles. The molecule has 1 amide bonds. The van der Waals surface area contributed by atoms with Gasteiger partial charge in [-0.1, -0.05) is 76.9 Å². The van der Waals surface area contributed by atoms with Crippen molar-refractivity contribution < 1.29 is 19.1 Å². The Balaban J connectivity index is 1.23. The molecule has 1 saturated heterocycles. The molecule has 1 atom stereocenters. The number of halogens is 2. The first kappa shape index (κ1) is 34.4. The molecule has 2 heterocycles. The Labute approximate surface area is 273 Å². The molecule has 7 nitrogen and oxygen atoms in total.